The fraction of sp³-hybridized carbons (Fsp3) is 0.718. The lowest BCUT2D eigenvalue weighted by atomic mass is 9.82. The van der Waals surface area contributed by atoms with E-state index < -0.39 is 70.6 Å². The van der Waals surface area contributed by atoms with Crippen LogP contribution >= 0.6 is 0 Å². The number of hydrogen-bond donors (Lipinski definition) is 4. The zero-order valence-electron chi connectivity index (χ0n) is 33.2. The molecule has 16 heteroatoms. The average molecular weight is 766 g/mol. The normalized spacial score (nSPS) is 23.6. The van der Waals surface area contributed by atoms with E-state index in [9.17, 15) is 28.8 Å². The lowest BCUT2D eigenvalue weighted by Crippen LogP contribution is -2.62. The monoisotopic (exact) mass is 765 g/mol. The predicted molar refractivity (Wildman–Crippen MR) is 202 cm³/mol. The summed E-state index contributed by atoms with van der Waals surface area (Å²) in [4.78, 5) is 110. The molecule has 302 valence electrons. The molecular formula is C39H59N9O7. The van der Waals surface area contributed by atoms with Gasteiger partial charge in [-0.15, -0.1) is 0 Å². The summed E-state index contributed by atoms with van der Waals surface area (Å²) in [6, 6.07) is -4.39. The Hall–Kier alpha value is -4.47. The molecule has 4 N–H and O–H groups in total. The molecule has 1 spiro atoms. The smallest absolute Gasteiger partial charge is 0.289 e. The van der Waals surface area contributed by atoms with E-state index in [4.69, 9.17) is 0 Å². The van der Waals surface area contributed by atoms with Crippen LogP contribution in [0.5, 0.6) is 0 Å². The van der Waals surface area contributed by atoms with Crippen molar-refractivity contribution in [2.45, 2.75) is 142 Å². The van der Waals surface area contributed by atoms with E-state index >= 15 is 4.79 Å². The van der Waals surface area contributed by atoms with E-state index in [1.165, 1.54) is 23.5 Å². The molecule has 2 aliphatic heterocycles. The van der Waals surface area contributed by atoms with Crippen molar-refractivity contribution in [3.63, 3.8) is 0 Å². The maximum atomic E-state index is 15.1. The van der Waals surface area contributed by atoms with Crippen LogP contribution in [0.2, 0.25) is 0 Å². The van der Waals surface area contributed by atoms with Crippen LogP contribution in [0.1, 0.15) is 116 Å². The van der Waals surface area contributed by atoms with Gasteiger partial charge in [-0.3, -0.25) is 43.4 Å². The molecule has 1 aromatic heterocycles. The number of hydrogen-bond acceptors (Lipinski definition) is 10. The van der Waals surface area contributed by atoms with Gasteiger partial charge in [-0.25, -0.2) is 4.98 Å². The SMILES string of the molecule is CCCC(NC(=O)[C@@H]1CC2(CN1C(=O)C(NC(=O)C(NC(=O)c1cnccn1)C1CCCCC1)C(C)(C)C)N(CC)CC(=O)N2CC)C(=O)C(=O)NC1CC1. The van der Waals surface area contributed by atoms with Gasteiger partial charge in [0.15, 0.2) is 0 Å². The van der Waals surface area contributed by atoms with Crippen molar-refractivity contribution >= 4 is 41.2 Å². The summed E-state index contributed by atoms with van der Waals surface area (Å²) in [5, 5.41) is 11.4. The second-order valence-corrected chi connectivity index (χ2v) is 16.5. The molecule has 2 saturated heterocycles. The molecule has 6 amide bonds. The van der Waals surface area contributed by atoms with Crippen LogP contribution in [0.25, 0.3) is 0 Å². The minimum Gasteiger partial charge on any atom is -0.347 e. The van der Waals surface area contributed by atoms with Gasteiger partial charge in [0.1, 0.15) is 29.5 Å². The van der Waals surface area contributed by atoms with Gasteiger partial charge in [0.25, 0.3) is 11.8 Å². The molecule has 5 atom stereocenters. The van der Waals surface area contributed by atoms with E-state index in [2.05, 4.69) is 31.2 Å². The Morgan fingerprint density at radius 1 is 0.927 bits per heavy atom. The van der Waals surface area contributed by atoms with E-state index in [0.29, 0.717) is 32.4 Å². The fourth-order valence-electron chi connectivity index (χ4n) is 8.44. The molecule has 2 saturated carbocycles. The van der Waals surface area contributed by atoms with Crippen LogP contribution in [-0.4, -0.2) is 128 Å². The Bertz CT molecular complexity index is 1610. The molecule has 0 radical (unpaired) electrons. The Labute approximate surface area is 323 Å². The zero-order valence-corrected chi connectivity index (χ0v) is 33.2. The van der Waals surface area contributed by atoms with Crippen LogP contribution in [-0.2, 0) is 28.8 Å². The van der Waals surface area contributed by atoms with Gasteiger partial charge in [-0.05, 0) is 56.9 Å². The molecular weight excluding hydrogens is 706 g/mol. The highest BCUT2D eigenvalue weighted by Gasteiger charge is 2.60. The van der Waals surface area contributed by atoms with E-state index in [1.54, 1.807) is 4.90 Å². The van der Waals surface area contributed by atoms with Gasteiger partial charge >= 0.3 is 0 Å². The molecule has 3 heterocycles. The van der Waals surface area contributed by atoms with Crippen molar-refractivity contribution in [1.82, 2.24) is 45.9 Å². The van der Waals surface area contributed by atoms with Crippen LogP contribution in [0.15, 0.2) is 18.6 Å². The lowest BCUT2D eigenvalue weighted by molar-refractivity contribution is -0.145. The number of likely N-dealkylation sites (tertiary alicyclic amines) is 1. The first-order valence-electron chi connectivity index (χ1n) is 20.0. The Balaban J connectivity index is 1.46. The maximum Gasteiger partial charge on any atom is 0.289 e. The van der Waals surface area contributed by atoms with Gasteiger partial charge < -0.3 is 31.1 Å². The van der Waals surface area contributed by atoms with Crippen LogP contribution < -0.4 is 21.3 Å². The summed E-state index contributed by atoms with van der Waals surface area (Å²) in [7, 11) is 0. The molecule has 2 aliphatic carbocycles. The van der Waals surface area contributed by atoms with Crippen molar-refractivity contribution in [3.05, 3.63) is 24.3 Å². The number of nitrogens with zero attached hydrogens (tertiary/aromatic N) is 5. The largest absolute Gasteiger partial charge is 0.347 e. The number of nitrogens with one attached hydrogen (secondary N) is 4. The highest BCUT2D eigenvalue weighted by atomic mass is 16.2. The van der Waals surface area contributed by atoms with Crippen molar-refractivity contribution in [2.75, 3.05) is 26.2 Å². The third kappa shape index (κ3) is 9.33. The summed E-state index contributed by atoms with van der Waals surface area (Å²) in [6.07, 6.45) is 10.8. The third-order valence-corrected chi connectivity index (χ3v) is 11.6. The molecule has 4 unspecified atom stereocenters. The molecule has 0 aromatic carbocycles. The van der Waals surface area contributed by atoms with Crippen LogP contribution in [0.4, 0.5) is 0 Å². The van der Waals surface area contributed by atoms with Gasteiger partial charge in [-0.2, -0.15) is 0 Å². The number of ketones is 1. The standard InChI is InChI=1S/C39H59N9O7/c1-7-13-26(31(50)36(54)42-25-16-17-25)43-34(52)28-20-39(46(8-2)22-29(49)48(39)9-3)23-47(28)37(55)32(38(4,5)6)45-35(53)30(24-14-11-10-12-15-24)44-33(51)27-21-40-18-19-41-27/h18-19,21,24-26,28,30,32H,7-17,20,22-23H2,1-6H3,(H,42,54)(H,43,52)(H,44,51)(H,45,53)/t26?,28-,30?,32?,39?/m0/s1. The third-order valence-electron chi connectivity index (χ3n) is 11.6. The van der Waals surface area contributed by atoms with Gasteiger partial charge in [0, 0.05) is 31.4 Å². The summed E-state index contributed by atoms with van der Waals surface area (Å²) < 4.78 is 0. The Kier molecular flexibility index (Phi) is 13.3. The molecule has 4 fully saturated rings. The highest BCUT2D eigenvalue weighted by molar-refractivity contribution is 6.38. The first kappa shape index (κ1) is 41.7. The van der Waals surface area contributed by atoms with E-state index in [0.717, 1.165) is 32.1 Å². The molecule has 1 aromatic rings. The van der Waals surface area contributed by atoms with Crippen molar-refractivity contribution in [3.8, 4) is 0 Å². The zero-order chi connectivity index (χ0) is 40.1. The lowest BCUT2D eigenvalue weighted by Gasteiger charge is -2.40. The number of carbonyl (C=O) groups is 7. The first-order chi connectivity index (χ1) is 26.1. The molecule has 55 heavy (non-hydrogen) atoms. The fourth-order valence-corrected chi connectivity index (χ4v) is 8.44. The molecule has 5 rings (SSSR count). The minimum atomic E-state index is -1.15. The summed E-state index contributed by atoms with van der Waals surface area (Å²) >= 11 is 0. The molecule has 4 aliphatic rings. The van der Waals surface area contributed by atoms with Gasteiger partial charge in [-0.1, -0.05) is 60.3 Å². The Morgan fingerprint density at radius 2 is 1.64 bits per heavy atom. The number of likely N-dealkylation sites (N-methyl/N-ethyl adjacent to an activating group) is 2. The predicted octanol–water partition coefficient (Wildman–Crippen LogP) is 1.30. The summed E-state index contributed by atoms with van der Waals surface area (Å²) in [5.41, 5.74) is -1.81. The average Bonchev–Trinajstić information content (AvgIpc) is 3.83. The van der Waals surface area contributed by atoms with E-state index in [-0.39, 0.29) is 49.5 Å². The van der Waals surface area contributed by atoms with Crippen molar-refractivity contribution in [2.24, 2.45) is 11.3 Å². The number of aromatic nitrogens is 2. The molecule has 16 nitrogen and oxygen atoms in total. The topological polar surface area (TPSA) is 203 Å². The van der Waals surface area contributed by atoms with Crippen LogP contribution in [0.3, 0.4) is 0 Å². The second-order valence-electron chi connectivity index (χ2n) is 16.5. The molecule has 0 bridgehead atoms. The number of rotatable bonds is 15. The van der Waals surface area contributed by atoms with Crippen molar-refractivity contribution < 1.29 is 33.6 Å². The summed E-state index contributed by atoms with van der Waals surface area (Å²) in [6.45, 7) is 12.0. The second kappa shape index (κ2) is 17.5. The summed E-state index contributed by atoms with van der Waals surface area (Å²) in [5.74, 6) is -4.01. The number of Topliss-reactive ketones (excluding diaryl/α,β-unsaturated/α-hetero) is 1. The minimum absolute atomic E-state index is 0.0101. The van der Waals surface area contributed by atoms with Crippen molar-refractivity contribution in [1.29, 1.82) is 0 Å². The van der Waals surface area contributed by atoms with Gasteiger partial charge in [0.05, 0.1) is 25.3 Å². The van der Waals surface area contributed by atoms with Crippen LogP contribution in [0, 0.1) is 11.3 Å². The van der Waals surface area contributed by atoms with Gasteiger partial charge in [0.2, 0.25) is 29.4 Å². The van der Waals surface area contributed by atoms with E-state index in [1.807, 2.05) is 46.4 Å². The maximum absolute atomic E-state index is 15.1. The quantitative estimate of drug-likeness (QED) is 0.189. The Morgan fingerprint density at radius 3 is 2.22 bits per heavy atom. The highest BCUT2D eigenvalue weighted by Crippen LogP contribution is 2.41. The number of amides is 6. The number of carbonyl (C=O) groups excluding carboxylic acids is 7. The first-order valence-corrected chi connectivity index (χ1v) is 20.0.